The van der Waals surface area contributed by atoms with Gasteiger partial charge in [0.15, 0.2) is 7.14 Å². The largest absolute Gasteiger partial charge is 0.309 e. The smallest absolute Gasteiger partial charge is 0.173 e. The zero-order chi connectivity index (χ0) is 21.3. The van der Waals surface area contributed by atoms with E-state index in [9.17, 15) is 0 Å². The Hall–Kier alpha value is -3.16. The zero-order valence-corrected chi connectivity index (χ0v) is 18.5. The van der Waals surface area contributed by atoms with Gasteiger partial charge in [0.25, 0.3) is 0 Å². The average Bonchev–Trinajstić information content (AvgIpc) is 3.39. The first kappa shape index (κ1) is 19.8. The van der Waals surface area contributed by atoms with Crippen LogP contribution in [0.15, 0.2) is 96.1 Å². The van der Waals surface area contributed by atoms with Gasteiger partial charge in [-0.05, 0) is 37.3 Å². The molecule has 0 radical (unpaired) electrons. The van der Waals surface area contributed by atoms with Crippen LogP contribution in [-0.4, -0.2) is 10.9 Å². The van der Waals surface area contributed by atoms with Gasteiger partial charge in [0.2, 0.25) is 0 Å². The minimum absolute atomic E-state index is 0.878. The van der Waals surface area contributed by atoms with E-state index in [2.05, 4.69) is 6.92 Å². The Kier molecular flexibility index (Phi) is 5.21. The summed E-state index contributed by atoms with van der Waals surface area (Å²) >= 11 is 0. The molecular weight excluding hydrogens is 399 g/mol. The van der Waals surface area contributed by atoms with Crippen molar-refractivity contribution >= 4 is 29.3 Å². The Morgan fingerprint density at radius 3 is 1.94 bits per heavy atom. The molecule has 5 rings (SSSR count). The molecule has 0 aliphatic heterocycles. The van der Waals surface area contributed by atoms with Crippen molar-refractivity contribution in [2.75, 3.05) is 0 Å². The van der Waals surface area contributed by atoms with Crippen molar-refractivity contribution in [3.8, 4) is 0 Å². The van der Waals surface area contributed by atoms with Gasteiger partial charge in [-0.2, -0.15) is 5.10 Å². The predicted molar refractivity (Wildman–Crippen MR) is 130 cm³/mol. The topological polar surface area (TPSA) is 34.4 Å². The number of rotatable bonds is 5. The van der Waals surface area contributed by atoms with Crippen LogP contribution in [0.2, 0.25) is 0 Å². The van der Waals surface area contributed by atoms with Crippen molar-refractivity contribution in [3.05, 3.63) is 114 Å². The Morgan fingerprint density at radius 2 is 1.35 bits per heavy atom. The highest BCUT2D eigenvalue weighted by Gasteiger charge is 2.38. The van der Waals surface area contributed by atoms with Crippen LogP contribution in [0, 0.1) is 6.92 Å². The summed E-state index contributed by atoms with van der Waals surface area (Å²) in [6.45, 7) is 2.06. The molecule has 1 aliphatic carbocycles. The molecule has 0 N–H and O–H groups in total. The van der Waals surface area contributed by atoms with E-state index in [-0.39, 0.29) is 0 Å². The second-order valence-electron chi connectivity index (χ2n) is 7.96. The summed E-state index contributed by atoms with van der Waals surface area (Å²) < 4.78 is 17.1. The van der Waals surface area contributed by atoms with Crippen molar-refractivity contribution in [2.24, 2.45) is 5.10 Å². The van der Waals surface area contributed by atoms with Gasteiger partial charge >= 0.3 is 0 Å². The van der Waals surface area contributed by atoms with E-state index in [4.69, 9.17) is 5.10 Å². The molecule has 1 aromatic heterocycles. The van der Waals surface area contributed by atoms with Crippen molar-refractivity contribution < 1.29 is 4.57 Å². The monoisotopic (exact) mass is 424 g/mol. The minimum Gasteiger partial charge on any atom is -0.309 e. The fraction of sp³-hybridized carbons (Fsp3) is 0.148. The molecule has 4 heteroatoms. The summed E-state index contributed by atoms with van der Waals surface area (Å²) in [4.78, 5) is 0. The highest BCUT2D eigenvalue weighted by Crippen LogP contribution is 2.47. The second-order valence-corrected chi connectivity index (χ2v) is 10.7. The molecule has 0 fully saturated rings. The maximum Gasteiger partial charge on any atom is 0.173 e. The third-order valence-electron chi connectivity index (χ3n) is 6.07. The Balaban J connectivity index is 1.74. The van der Waals surface area contributed by atoms with E-state index < -0.39 is 7.14 Å². The van der Waals surface area contributed by atoms with Crippen LogP contribution in [0.4, 0.5) is 0 Å². The third-order valence-corrected chi connectivity index (χ3v) is 9.34. The first-order valence-electron chi connectivity index (χ1n) is 10.7. The second kappa shape index (κ2) is 8.17. The van der Waals surface area contributed by atoms with Crippen LogP contribution < -0.4 is 15.9 Å². The molecule has 3 nitrogen and oxygen atoms in total. The van der Waals surface area contributed by atoms with E-state index in [0.29, 0.717) is 0 Å². The van der Waals surface area contributed by atoms with Gasteiger partial charge in [-0.15, -0.1) is 0 Å². The van der Waals surface area contributed by atoms with E-state index in [1.807, 2.05) is 102 Å². The first-order valence-corrected chi connectivity index (χ1v) is 12.4. The Bertz CT molecular complexity index is 1230. The molecule has 0 unspecified atom stereocenters. The summed E-state index contributed by atoms with van der Waals surface area (Å²) in [5.41, 5.74) is 4.46. The molecule has 0 saturated carbocycles. The van der Waals surface area contributed by atoms with Crippen LogP contribution >= 0.6 is 7.14 Å². The molecule has 0 amide bonds. The number of fused-ring (bicyclic) bond motifs is 1. The van der Waals surface area contributed by atoms with Gasteiger partial charge in [-0.3, -0.25) is 0 Å². The van der Waals surface area contributed by atoms with Crippen LogP contribution in [0.25, 0.3) is 0 Å². The highest BCUT2D eigenvalue weighted by atomic mass is 31.2. The Morgan fingerprint density at radius 1 is 0.806 bits per heavy atom. The molecule has 1 heterocycles. The summed E-state index contributed by atoms with van der Waals surface area (Å²) in [7, 11) is -3.02. The predicted octanol–water partition coefficient (Wildman–Crippen LogP) is 4.81. The standard InChI is InChI=1S/C27H25N2OP/c1-21-27(31(30,23-14-7-3-8-15-23)24-16-9-4-10-17-24)25-18-11-19-26(25)29(21)28-20-22-12-5-2-6-13-22/h2-10,12-17,20H,11,18-19H2,1H3/b28-20+. The molecule has 1 aliphatic rings. The molecule has 0 saturated heterocycles. The van der Waals surface area contributed by atoms with Gasteiger partial charge in [0.05, 0.1) is 11.9 Å². The lowest BCUT2D eigenvalue weighted by atomic mass is 10.2. The van der Waals surface area contributed by atoms with Crippen LogP contribution in [0.1, 0.15) is 28.9 Å². The number of nitrogens with zero attached hydrogens (tertiary/aromatic N) is 2. The summed E-state index contributed by atoms with van der Waals surface area (Å²) in [5.74, 6) is 0. The highest BCUT2D eigenvalue weighted by molar-refractivity contribution is 7.85. The maximum atomic E-state index is 15.0. The van der Waals surface area contributed by atoms with E-state index >= 15 is 4.57 Å². The lowest BCUT2D eigenvalue weighted by Crippen LogP contribution is -2.28. The normalized spacial score (nSPS) is 13.6. The zero-order valence-electron chi connectivity index (χ0n) is 17.6. The number of aromatic nitrogens is 1. The fourth-order valence-electron chi connectivity index (χ4n) is 4.66. The van der Waals surface area contributed by atoms with Crippen molar-refractivity contribution in [1.82, 2.24) is 4.68 Å². The molecule has 0 atom stereocenters. The van der Waals surface area contributed by atoms with Crippen LogP contribution in [0.5, 0.6) is 0 Å². The van der Waals surface area contributed by atoms with Crippen molar-refractivity contribution in [2.45, 2.75) is 26.2 Å². The molecule has 31 heavy (non-hydrogen) atoms. The van der Waals surface area contributed by atoms with Crippen LogP contribution in [0.3, 0.4) is 0 Å². The lowest BCUT2D eigenvalue weighted by Gasteiger charge is -2.21. The molecule has 4 aromatic rings. The van der Waals surface area contributed by atoms with E-state index in [1.54, 1.807) is 0 Å². The Labute approximate surface area is 183 Å². The van der Waals surface area contributed by atoms with E-state index in [0.717, 1.165) is 46.4 Å². The summed E-state index contributed by atoms with van der Waals surface area (Å²) in [6, 6.07) is 30.0. The number of hydrogen-bond acceptors (Lipinski definition) is 2. The van der Waals surface area contributed by atoms with Crippen molar-refractivity contribution in [1.29, 1.82) is 0 Å². The first-order chi connectivity index (χ1) is 15.2. The number of benzene rings is 3. The third kappa shape index (κ3) is 3.40. The SMILES string of the molecule is Cc1c(P(=O)(c2ccccc2)c2ccccc2)c2c(n1/N=C/c1ccccc1)CCC2. The van der Waals surface area contributed by atoms with Gasteiger partial charge < -0.3 is 4.57 Å². The molecular formula is C27H25N2OP. The molecule has 154 valence electrons. The van der Waals surface area contributed by atoms with Gasteiger partial charge in [-0.25, -0.2) is 4.68 Å². The van der Waals surface area contributed by atoms with Crippen LogP contribution in [-0.2, 0) is 17.4 Å². The minimum atomic E-state index is -3.02. The molecule has 3 aromatic carbocycles. The van der Waals surface area contributed by atoms with Gasteiger partial charge in [0.1, 0.15) is 0 Å². The van der Waals surface area contributed by atoms with Crippen molar-refractivity contribution in [3.63, 3.8) is 0 Å². The quantitative estimate of drug-likeness (QED) is 0.335. The summed E-state index contributed by atoms with van der Waals surface area (Å²) in [6.07, 6.45) is 4.88. The number of hydrogen-bond donors (Lipinski definition) is 0. The summed E-state index contributed by atoms with van der Waals surface area (Å²) in [5, 5.41) is 7.57. The van der Waals surface area contributed by atoms with Gasteiger partial charge in [0, 0.05) is 21.6 Å². The fourth-order valence-corrected chi connectivity index (χ4v) is 7.83. The average molecular weight is 424 g/mol. The lowest BCUT2D eigenvalue weighted by molar-refractivity contribution is 0.592. The van der Waals surface area contributed by atoms with E-state index in [1.165, 1.54) is 11.3 Å². The molecule has 0 bridgehead atoms. The molecule has 0 spiro atoms. The van der Waals surface area contributed by atoms with Gasteiger partial charge in [-0.1, -0.05) is 91.0 Å². The maximum absolute atomic E-state index is 15.0.